The monoisotopic (exact) mass is 219 g/mol. The molecule has 0 amide bonds. The molecule has 0 saturated carbocycles. The number of methoxy groups -OCH3 is 1. The Morgan fingerprint density at radius 3 is 2.67 bits per heavy atom. The van der Waals surface area contributed by atoms with Gasteiger partial charge in [-0.25, -0.2) is 0 Å². The maximum Gasteiger partial charge on any atom is 0.320 e. The van der Waals surface area contributed by atoms with Crippen molar-refractivity contribution >= 4 is 5.97 Å². The molecule has 15 heavy (non-hydrogen) atoms. The van der Waals surface area contributed by atoms with Crippen molar-refractivity contribution < 1.29 is 19.4 Å². The van der Waals surface area contributed by atoms with E-state index in [2.05, 4.69) is 5.32 Å². The third-order valence-corrected chi connectivity index (χ3v) is 1.94. The predicted octanol–water partition coefficient (Wildman–Crippen LogP) is 0.492. The Kier molecular flexibility index (Phi) is 9.46. The van der Waals surface area contributed by atoms with Gasteiger partial charge in [-0.1, -0.05) is 6.92 Å². The van der Waals surface area contributed by atoms with E-state index in [0.29, 0.717) is 32.8 Å². The Labute approximate surface area is 90.8 Å². The zero-order chi connectivity index (χ0) is 11.5. The molecule has 90 valence electrons. The van der Waals surface area contributed by atoms with E-state index in [0.717, 1.165) is 6.42 Å². The van der Waals surface area contributed by atoms with Gasteiger partial charge in [-0.05, 0) is 19.4 Å². The van der Waals surface area contributed by atoms with E-state index in [4.69, 9.17) is 14.6 Å². The molecule has 1 atom stereocenters. The Morgan fingerprint density at radius 1 is 1.40 bits per heavy atom. The molecular formula is C10H21NO4. The van der Waals surface area contributed by atoms with Crippen LogP contribution >= 0.6 is 0 Å². The summed E-state index contributed by atoms with van der Waals surface area (Å²) in [4.78, 5) is 10.7. The largest absolute Gasteiger partial charge is 0.480 e. The second kappa shape index (κ2) is 9.89. The highest BCUT2D eigenvalue weighted by atomic mass is 16.5. The summed E-state index contributed by atoms with van der Waals surface area (Å²) in [5, 5.41) is 11.7. The first-order valence-electron chi connectivity index (χ1n) is 5.25. The third-order valence-electron chi connectivity index (χ3n) is 1.94. The first-order valence-corrected chi connectivity index (χ1v) is 5.25. The quantitative estimate of drug-likeness (QED) is 0.523. The van der Waals surface area contributed by atoms with Crippen LogP contribution in [0.2, 0.25) is 0 Å². The smallest absolute Gasteiger partial charge is 0.320 e. The minimum atomic E-state index is -0.822. The van der Waals surface area contributed by atoms with Crippen LogP contribution in [0, 0.1) is 0 Å². The standard InChI is InChI=1S/C10H21NO4/c1-3-11-9(10(12)13)5-8-15-7-4-6-14-2/h9,11H,3-8H2,1-2H3,(H,12,13). The number of carbonyl (C=O) groups is 1. The van der Waals surface area contributed by atoms with Crippen molar-refractivity contribution in [1.29, 1.82) is 0 Å². The van der Waals surface area contributed by atoms with Gasteiger partial charge in [-0.2, -0.15) is 0 Å². The Balaban J connectivity index is 3.41. The Hall–Kier alpha value is -0.650. The Morgan fingerprint density at radius 2 is 2.13 bits per heavy atom. The lowest BCUT2D eigenvalue weighted by Crippen LogP contribution is -2.37. The van der Waals surface area contributed by atoms with E-state index in [-0.39, 0.29) is 0 Å². The fraction of sp³-hybridized carbons (Fsp3) is 0.900. The van der Waals surface area contributed by atoms with E-state index in [9.17, 15) is 4.79 Å². The lowest BCUT2D eigenvalue weighted by molar-refractivity contribution is -0.140. The van der Waals surface area contributed by atoms with Crippen molar-refractivity contribution in [3.8, 4) is 0 Å². The van der Waals surface area contributed by atoms with Crippen molar-refractivity contribution in [2.24, 2.45) is 0 Å². The molecule has 0 heterocycles. The summed E-state index contributed by atoms with van der Waals surface area (Å²) in [6.07, 6.45) is 1.34. The van der Waals surface area contributed by atoms with Crippen LogP contribution in [-0.4, -0.2) is 50.6 Å². The highest BCUT2D eigenvalue weighted by Gasteiger charge is 2.14. The van der Waals surface area contributed by atoms with E-state index in [1.807, 2.05) is 6.92 Å². The lowest BCUT2D eigenvalue weighted by Gasteiger charge is -2.12. The van der Waals surface area contributed by atoms with Gasteiger partial charge < -0.3 is 19.9 Å². The van der Waals surface area contributed by atoms with Crippen LogP contribution in [-0.2, 0) is 14.3 Å². The number of carboxylic acid groups (broad SMARTS) is 1. The van der Waals surface area contributed by atoms with Gasteiger partial charge in [-0.15, -0.1) is 0 Å². The number of hydrogen-bond acceptors (Lipinski definition) is 4. The van der Waals surface area contributed by atoms with Crippen LogP contribution in [0.3, 0.4) is 0 Å². The molecule has 5 nitrogen and oxygen atoms in total. The molecule has 0 aromatic heterocycles. The summed E-state index contributed by atoms with van der Waals surface area (Å²) in [5.41, 5.74) is 0. The first kappa shape index (κ1) is 14.3. The van der Waals surface area contributed by atoms with E-state index in [1.165, 1.54) is 0 Å². The van der Waals surface area contributed by atoms with Crippen molar-refractivity contribution in [3.63, 3.8) is 0 Å². The normalized spacial score (nSPS) is 12.7. The second-order valence-electron chi connectivity index (χ2n) is 3.20. The van der Waals surface area contributed by atoms with E-state index in [1.54, 1.807) is 7.11 Å². The van der Waals surface area contributed by atoms with Crippen molar-refractivity contribution in [2.45, 2.75) is 25.8 Å². The molecule has 0 bridgehead atoms. The average molecular weight is 219 g/mol. The highest BCUT2D eigenvalue weighted by molar-refractivity contribution is 5.73. The predicted molar refractivity (Wildman–Crippen MR) is 57.0 cm³/mol. The number of likely N-dealkylation sites (N-methyl/N-ethyl adjacent to an activating group) is 1. The average Bonchev–Trinajstić information content (AvgIpc) is 2.21. The molecule has 5 heteroatoms. The fourth-order valence-corrected chi connectivity index (χ4v) is 1.17. The number of aliphatic carboxylic acids is 1. The molecule has 1 unspecified atom stereocenters. The Bertz CT molecular complexity index is 164. The maximum absolute atomic E-state index is 10.7. The van der Waals surface area contributed by atoms with Gasteiger partial charge in [0.25, 0.3) is 0 Å². The summed E-state index contributed by atoms with van der Waals surface area (Å²) >= 11 is 0. The van der Waals surface area contributed by atoms with Crippen molar-refractivity contribution in [3.05, 3.63) is 0 Å². The van der Waals surface area contributed by atoms with Crippen LogP contribution in [0.4, 0.5) is 0 Å². The number of ether oxygens (including phenoxy) is 2. The molecule has 0 aliphatic heterocycles. The zero-order valence-corrected chi connectivity index (χ0v) is 9.49. The third kappa shape index (κ3) is 8.35. The minimum absolute atomic E-state index is 0.466. The summed E-state index contributed by atoms with van der Waals surface area (Å²) < 4.78 is 10.1. The molecule has 0 saturated heterocycles. The summed E-state index contributed by atoms with van der Waals surface area (Å²) in [6.45, 7) is 4.30. The molecule has 0 spiro atoms. The summed E-state index contributed by atoms with van der Waals surface area (Å²) in [5.74, 6) is -0.822. The number of rotatable bonds is 10. The molecule has 0 aromatic carbocycles. The first-order chi connectivity index (χ1) is 7.22. The number of carboxylic acids is 1. The molecule has 0 fully saturated rings. The molecule has 0 aliphatic rings. The SMILES string of the molecule is CCNC(CCOCCCOC)C(=O)O. The van der Waals surface area contributed by atoms with Crippen LogP contribution in [0.5, 0.6) is 0 Å². The number of nitrogens with one attached hydrogen (secondary N) is 1. The van der Waals surface area contributed by atoms with Crippen LogP contribution in [0.1, 0.15) is 19.8 Å². The molecule has 0 aromatic rings. The van der Waals surface area contributed by atoms with E-state index >= 15 is 0 Å². The summed E-state index contributed by atoms with van der Waals surface area (Å²) in [6, 6.07) is -0.502. The second-order valence-corrected chi connectivity index (χ2v) is 3.20. The molecular weight excluding hydrogens is 198 g/mol. The van der Waals surface area contributed by atoms with Crippen LogP contribution in [0.25, 0.3) is 0 Å². The molecule has 0 rings (SSSR count). The van der Waals surface area contributed by atoms with Gasteiger partial charge in [0.15, 0.2) is 0 Å². The van der Waals surface area contributed by atoms with E-state index < -0.39 is 12.0 Å². The van der Waals surface area contributed by atoms with Crippen molar-refractivity contribution in [1.82, 2.24) is 5.32 Å². The fourth-order valence-electron chi connectivity index (χ4n) is 1.17. The van der Waals surface area contributed by atoms with Crippen LogP contribution < -0.4 is 5.32 Å². The molecule has 0 radical (unpaired) electrons. The summed E-state index contributed by atoms with van der Waals surface area (Å²) in [7, 11) is 1.64. The van der Waals surface area contributed by atoms with Crippen molar-refractivity contribution in [2.75, 3.05) is 33.5 Å². The highest BCUT2D eigenvalue weighted by Crippen LogP contribution is 1.94. The van der Waals surface area contributed by atoms with Gasteiger partial charge in [0.1, 0.15) is 6.04 Å². The van der Waals surface area contributed by atoms with Gasteiger partial charge in [0.2, 0.25) is 0 Å². The molecule has 2 N–H and O–H groups in total. The van der Waals surface area contributed by atoms with Crippen LogP contribution in [0.15, 0.2) is 0 Å². The van der Waals surface area contributed by atoms with Gasteiger partial charge in [0.05, 0.1) is 0 Å². The zero-order valence-electron chi connectivity index (χ0n) is 9.49. The minimum Gasteiger partial charge on any atom is -0.480 e. The number of hydrogen-bond donors (Lipinski definition) is 2. The van der Waals surface area contributed by atoms with Gasteiger partial charge in [-0.3, -0.25) is 4.79 Å². The maximum atomic E-state index is 10.7. The van der Waals surface area contributed by atoms with Gasteiger partial charge in [0, 0.05) is 26.9 Å². The lowest BCUT2D eigenvalue weighted by atomic mass is 10.2. The van der Waals surface area contributed by atoms with Gasteiger partial charge >= 0.3 is 5.97 Å². The topological polar surface area (TPSA) is 67.8 Å². The molecule has 0 aliphatic carbocycles.